The van der Waals surface area contributed by atoms with Gasteiger partial charge in [-0.05, 0) is 37.3 Å². The van der Waals surface area contributed by atoms with Gasteiger partial charge in [0.25, 0.3) is 0 Å². The van der Waals surface area contributed by atoms with E-state index in [4.69, 9.17) is 16.3 Å². The lowest BCUT2D eigenvalue weighted by molar-refractivity contribution is -0.107. The maximum atomic E-state index is 15.2. The van der Waals surface area contributed by atoms with Crippen LogP contribution in [-0.4, -0.2) is 60.3 Å². The van der Waals surface area contributed by atoms with E-state index in [2.05, 4.69) is 5.32 Å². The number of alkyl halides is 4. The second-order valence-electron chi connectivity index (χ2n) is 8.26. The number of ether oxygens (including phenoxy) is 1. The Bertz CT molecular complexity index is 687. The van der Waals surface area contributed by atoms with Crippen LogP contribution >= 0.6 is 11.6 Å². The van der Waals surface area contributed by atoms with Crippen LogP contribution < -0.4 is 5.32 Å². The first kappa shape index (κ1) is 23.5. The standard InChI is InChI=1S/C22H29ClF3NO3/c23-16-5-7-19(30-12-14-2-1-3-15(24)10-14)21(26)20(16)22(29)27-18-6-4-13(8-9-28)11-17(18)25/h2,5,7,9,11,15-22,27,29H,1,3-4,6,8,10,12H2. The highest BCUT2D eigenvalue weighted by molar-refractivity contribution is 6.22. The Hall–Kier alpha value is -1.15. The highest BCUT2D eigenvalue weighted by Crippen LogP contribution is 2.32. The fraction of sp³-hybridized carbons (Fsp3) is 0.682. The molecule has 0 heterocycles. The lowest BCUT2D eigenvalue weighted by atomic mass is 9.86. The number of rotatable bonds is 8. The van der Waals surface area contributed by atoms with E-state index < -0.39 is 48.2 Å². The maximum absolute atomic E-state index is 15.2. The van der Waals surface area contributed by atoms with Crippen molar-refractivity contribution in [3.8, 4) is 0 Å². The molecule has 0 spiro atoms. The average molecular weight is 448 g/mol. The largest absolute Gasteiger partial charge is 0.378 e. The van der Waals surface area contributed by atoms with E-state index in [9.17, 15) is 18.7 Å². The van der Waals surface area contributed by atoms with E-state index >= 15 is 4.39 Å². The van der Waals surface area contributed by atoms with Gasteiger partial charge in [0.1, 0.15) is 37.1 Å². The number of carbonyl (C=O) groups excluding carboxylic acids is 1. The van der Waals surface area contributed by atoms with Crippen LogP contribution in [0.4, 0.5) is 13.2 Å². The third kappa shape index (κ3) is 5.96. The van der Waals surface area contributed by atoms with Crippen molar-refractivity contribution in [3.05, 3.63) is 35.5 Å². The molecule has 8 heteroatoms. The van der Waals surface area contributed by atoms with Gasteiger partial charge in [-0.25, -0.2) is 13.2 Å². The van der Waals surface area contributed by atoms with E-state index in [1.165, 1.54) is 12.2 Å². The van der Waals surface area contributed by atoms with E-state index in [1.807, 2.05) is 6.08 Å². The summed E-state index contributed by atoms with van der Waals surface area (Å²) in [6.07, 6.45) is 3.51. The Morgan fingerprint density at radius 1 is 1.27 bits per heavy atom. The number of aldehydes is 1. The quantitative estimate of drug-likeness (QED) is 0.256. The Morgan fingerprint density at radius 3 is 2.77 bits per heavy atom. The molecule has 0 saturated carbocycles. The minimum absolute atomic E-state index is 0.124. The summed E-state index contributed by atoms with van der Waals surface area (Å²) in [5.41, 5.74) is 1.53. The summed E-state index contributed by atoms with van der Waals surface area (Å²) in [5.74, 6) is -1.02. The van der Waals surface area contributed by atoms with Crippen LogP contribution in [0.2, 0.25) is 0 Å². The topological polar surface area (TPSA) is 58.6 Å². The number of carbonyl (C=O) groups is 1. The molecule has 3 aliphatic rings. The number of hydrogen-bond acceptors (Lipinski definition) is 4. The van der Waals surface area contributed by atoms with E-state index in [0.29, 0.717) is 25.7 Å². The molecule has 0 aromatic heterocycles. The summed E-state index contributed by atoms with van der Waals surface area (Å²) < 4.78 is 48.7. The van der Waals surface area contributed by atoms with Gasteiger partial charge in [-0.1, -0.05) is 23.8 Å². The molecular formula is C22H29ClF3NO3. The van der Waals surface area contributed by atoms with Crippen molar-refractivity contribution < 1.29 is 27.8 Å². The van der Waals surface area contributed by atoms with Crippen LogP contribution in [-0.2, 0) is 9.53 Å². The van der Waals surface area contributed by atoms with Crippen LogP contribution in [0.15, 0.2) is 35.5 Å². The van der Waals surface area contributed by atoms with Gasteiger partial charge in [-0.2, -0.15) is 0 Å². The van der Waals surface area contributed by atoms with Crippen molar-refractivity contribution in [1.29, 1.82) is 0 Å². The molecular weight excluding hydrogens is 419 g/mol. The fourth-order valence-electron chi connectivity index (χ4n) is 4.31. The van der Waals surface area contributed by atoms with Crippen molar-refractivity contribution >= 4 is 17.9 Å². The van der Waals surface area contributed by atoms with Crippen LogP contribution in [0.25, 0.3) is 0 Å². The third-order valence-corrected chi connectivity index (χ3v) is 6.48. The lowest BCUT2D eigenvalue weighted by Gasteiger charge is -2.38. The van der Waals surface area contributed by atoms with Crippen LogP contribution in [0.1, 0.15) is 38.5 Å². The summed E-state index contributed by atoms with van der Waals surface area (Å²) in [7, 11) is 0. The first-order valence-corrected chi connectivity index (χ1v) is 10.9. The molecule has 2 N–H and O–H groups in total. The van der Waals surface area contributed by atoms with Crippen LogP contribution in [0.5, 0.6) is 0 Å². The second kappa shape index (κ2) is 10.9. The van der Waals surface area contributed by atoms with Crippen molar-refractivity contribution in [3.63, 3.8) is 0 Å². The molecule has 0 aromatic carbocycles. The molecule has 0 bridgehead atoms. The van der Waals surface area contributed by atoms with Crippen LogP contribution in [0, 0.1) is 5.92 Å². The van der Waals surface area contributed by atoms with Gasteiger partial charge in [0, 0.05) is 18.9 Å². The monoisotopic (exact) mass is 447 g/mol. The predicted molar refractivity (Wildman–Crippen MR) is 110 cm³/mol. The number of nitrogens with one attached hydrogen (secondary N) is 1. The molecule has 168 valence electrons. The molecule has 0 amide bonds. The normalized spacial score (nSPS) is 38.0. The summed E-state index contributed by atoms with van der Waals surface area (Å²) in [6, 6.07) is -0.689. The first-order valence-electron chi connectivity index (χ1n) is 10.5. The van der Waals surface area contributed by atoms with Crippen molar-refractivity contribution in [2.75, 3.05) is 6.61 Å². The molecule has 30 heavy (non-hydrogen) atoms. The Kier molecular flexibility index (Phi) is 8.57. The summed E-state index contributed by atoms with van der Waals surface area (Å²) in [6.45, 7) is 0.124. The van der Waals surface area contributed by atoms with E-state index in [-0.39, 0.29) is 19.4 Å². The van der Waals surface area contributed by atoms with E-state index in [0.717, 1.165) is 17.4 Å². The van der Waals surface area contributed by atoms with Gasteiger partial charge in [-0.3, -0.25) is 5.32 Å². The minimum atomic E-state index is -1.60. The van der Waals surface area contributed by atoms with Crippen molar-refractivity contribution in [2.24, 2.45) is 5.92 Å². The third-order valence-electron chi connectivity index (χ3n) is 6.04. The summed E-state index contributed by atoms with van der Waals surface area (Å²) in [4.78, 5) is 10.6. The number of aliphatic hydroxyl groups is 1. The zero-order chi connectivity index (χ0) is 21.7. The Balaban J connectivity index is 1.57. The summed E-state index contributed by atoms with van der Waals surface area (Å²) >= 11 is 6.24. The van der Waals surface area contributed by atoms with Gasteiger partial charge in [-0.15, -0.1) is 11.6 Å². The zero-order valence-electron chi connectivity index (χ0n) is 16.7. The fourth-order valence-corrected chi connectivity index (χ4v) is 4.67. The molecule has 0 radical (unpaired) electrons. The molecule has 3 aliphatic carbocycles. The van der Waals surface area contributed by atoms with E-state index in [1.54, 1.807) is 6.08 Å². The van der Waals surface area contributed by atoms with Gasteiger partial charge in [0.2, 0.25) is 0 Å². The maximum Gasteiger partial charge on any atom is 0.138 e. The highest BCUT2D eigenvalue weighted by Gasteiger charge is 2.42. The van der Waals surface area contributed by atoms with Crippen molar-refractivity contribution in [1.82, 2.24) is 5.32 Å². The highest BCUT2D eigenvalue weighted by atomic mass is 35.5. The smallest absolute Gasteiger partial charge is 0.138 e. The zero-order valence-corrected chi connectivity index (χ0v) is 17.5. The minimum Gasteiger partial charge on any atom is -0.378 e. The molecule has 0 aliphatic heterocycles. The molecule has 8 unspecified atom stereocenters. The lowest BCUT2D eigenvalue weighted by Crippen LogP contribution is -2.54. The molecule has 0 saturated heterocycles. The molecule has 4 nitrogen and oxygen atoms in total. The molecule has 0 fully saturated rings. The van der Waals surface area contributed by atoms with Crippen molar-refractivity contribution in [2.45, 2.75) is 80.8 Å². The molecule has 0 aromatic rings. The average Bonchev–Trinajstić information content (AvgIpc) is 2.70. The number of allylic oxidation sites excluding steroid dienone is 3. The Labute approximate surface area is 180 Å². The predicted octanol–water partition coefficient (Wildman–Crippen LogP) is 3.88. The number of hydrogen-bond donors (Lipinski definition) is 2. The Morgan fingerprint density at radius 2 is 2.07 bits per heavy atom. The number of halogens is 4. The van der Waals surface area contributed by atoms with Gasteiger partial charge >= 0.3 is 0 Å². The van der Waals surface area contributed by atoms with Crippen LogP contribution in [0.3, 0.4) is 0 Å². The first-order chi connectivity index (χ1) is 14.4. The van der Waals surface area contributed by atoms with Gasteiger partial charge < -0.3 is 14.6 Å². The SMILES string of the molecule is O=CCC1=CC(F)C(NC(O)C2C(Cl)C=CC(OCC3=CCCC(F)C3)C2F)CC1. The van der Waals surface area contributed by atoms with Gasteiger partial charge in [0.15, 0.2) is 0 Å². The molecule has 8 atom stereocenters. The van der Waals surface area contributed by atoms with Gasteiger partial charge in [0.05, 0.1) is 17.9 Å². The summed E-state index contributed by atoms with van der Waals surface area (Å²) in [5, 5.41) is 12.6. The molecule has 3 rings (SSSR count). The second-order valence-corrected chi connectivity index (χ2v) is 8.77. The number of aliphatic hydroxyl groups excluding tert-OH is 1.